The van der Waals surface area contributed by atoms with Crippen molar-refractivity contribution in [2.75, 3.05) is 0 Å². The summed E-state index contributed by atoms with van der Waals surface area (Å²) in [7, 11) is -4.45. The lowest BCUT2D eigenvalue weighted by Gasteiger charge is -2.03. The van der Waals surface area contributed by atoms with Crippen molar-refractivity contribution in [3.63, 3.8) is 0 Å². The molecule has 26 heavy (non-hydrogen) atoms. The van der Waals surface area contributed by atoms with Crippen LogP contribution in [0.3, 0.4) is 0 Å². The standard InChI is InChI=1S/C17H16N4O4S/c1-11-8-9-15(26(23,24)25)14(10-11)18-19-16-12(2)20-21(17(16)22)13-6-4-3-5-7-13/h3-10,22H,1-2H3,(H,23,24,25). The van der Waals surface area contributed by atoms with Gasteiger partial charge in [-0.05, 0) is 43.7 Å². The first-order valence-corrected chi connectivity index (χ1v) is 9.05. The van der Waals surface area contributed by atoms with Gasteiger partial charge >= 0.3 is 0 Å². The molecule has 0 saturated carbocycles. The third kappa shape index (κ3) is 3.48. The molecule has 0 fully saturated rings. The molecular weight excluding hydrogens is 356 g/mol. The van der Waals surface area contributed by atoms with E-state index in [9.17, 15) is 18.1 Å². The molecule has 9 heteroatoms. The Labute approximate surface area is 150 Å². The van der Waals surface area contributed by atoms with Crippen molar-refractivity contribution in [3.8, 4) is 11.6 Å². The minimum absolute atomic E-state index is 0.0289. The highest BCUT2D eigenvalue weighted by Crippen LogP contribution is 2.35. The Morgan fingerprint density at radius 2 is 1.73 bits per heavy atom. The first-order chi connectivity index (χ1) is 12.3. The van der Waals surface area contributed by atoms with Gasteiger partial charge in [0.1, 0.15) is 10.6 Å². The summed E-state index contributed by atoms with van der Waals surface area (Å²) in [6, 6.07) is 13.2. The maximum atomic E-state index is 11.5. The van der Waals surface area contributed by atoms with Crippen LogP contribution in [0.5, 0.6) is 5.88 Å². The van der Waals surface area contributed by atoms with Crippen LogP contribution in [0.4, 0.5) is 11.4 Å². The monoisotopic (exact) mass is 372 g/mol. The van der Waals surface area contributed by atoms with Crippen LogP contribution < -0.4 is 0 Å². The van der Waals surface area contributed by atoms with E-state index in [1.165, 1.54) is 22.9 Å². The molecule has 0 aliphatic heterocycles. The van der Waals surface area contributed by atoms with Crippen LogP contribution in [0.25, 0.3) is 5.69 Å². The number of hydrogen-bond donors (Lipinski definition) is 2. The van der Waals surface area contributed by atoms with E-state index in [0.29, 0.717) is 11.4 Å². The average Bonchev–Trinajstić information content (AvgIpc) is 2.87. The van der Waals surface area contributed by atoms with Crippen LogP contribution >= 0.6 is 0 Å². The topological polar surface area (TPSA) is 117 Å². The molecule has 1 aromatic heterocycles. The summed E-state index contributed by atoms with van der Waals surface area (Å²) >= 11 is 0. The van der Waals surface area contributed by atoms with E-state index in [0.717, 1.165) is 5.56 Å². The lowest BCUT2D eigenvalue weighted by atomic mass is 10.2. The lowest BCUT2D eigenvalue weighted by molar-refractivity contribution is 0.434. The second-order valence-corrected chi connectivity index (χ2v) is 7.04. The van der Waals surface area contributed by atoms with Crippen LogP contribution in [0.1, 0.15) is 11.3 Å². The highest BCUT2D eigenvalue weighted by atomic mass is 32.2. The van der Waals surface area contributed by atoms with Gasteiger partial charge in [-0.15, -0.1) is 10.2 Å². The second kappa shape index (κ2) is 6.70. The fraction of sp³-hybridized carbons (Fsp3) is 0.118. The minimum Gasteiger partial charge on any atom is -0.492 e. The van der Waals surface area contributed by atoms with Crippen LogP contribution in [0, 0.1) is 13.8 Å². The van der Waals surface area contributed by atoms with Gasteiger partial charge in [-0.1, -0.05) is 24.3 Å². The summed E-state index contributed by atoms with van der Waals surface area (Å²) in [5.41, 5.74) is 1.88. The third-order valence-corrected chi connectivity index (χ3v) is 4.56. The van der Waals surface area contributed by atoms with Crippen LogP contribution in [-0.2, 0) is 10.1 Å². The molecule has 0 bridgehead atoms. The molecule has 2 N–H and O–H groups in total. The van der Waals surface area contributed by atoms with Gasteiger partial charge in [-0.2, -0.15) is 18.2 Å². The Bertz CT molecular complexity index is 1090. The van der Waals surface area contributed by atoms with Gasteiger partial charge in [0.15, 0.2) is 5.69 Å². The van der Waals surface area contributed by atoms with Gasteiger partial charge in [0.2, 0.25) is 5.88 Å². The van der Waals surface area contributed by atoms with Gasteiger partial charge in [0.25, 0.3) is 10.1 Å². The molecule has 0 spiro atoms. The summed E-state index contributed by atoms with van der Waals surface area (Å²) in [5.74, 6) is -0.224. The average molecular weight is 372 g/mol. The summed E-state index contributed by atoms with van der Waals surface area (Å²) in [6.45, 7) is 3.40. The molecule has 0 unspecified atom stereocenters. The highest BCUT2D eigenvalue weighted by Gasteiger charge is 2.18. The molecule has 3 rings (SSSR count). The first kappa shape index (κ1) is 17.8. The van der Waals surface area contributed by atoms with Crippen LogP contribution in [0.2, 0.25) is 0 Å². The number of azo groups is 1. The summed E-state index contributed by atoms with van der Waals surface area (Å²) in [5, 5.41) is 22.5. The van der Waals surface area contributed by atoms with E-state index in [1.54, 1.807) is 38.1 Å². The molecule has 134 valence electrons. The summed E-state index contributed by atoms with van der Waals surface area (Å²) in [6.07, 6.45) is 0. The lowest BCUT2D eigenvalue weighted by Crippen LogP contribution is -1.98. The Morgan fingerprint density at radius 3 is 2.38 bits per heavy atom. The van der Waals surface area contributed by atoms with Gasteiger partial charge < -0.3 is 5.11 Å². The van der Waals surface area contributed by atoms with Crippen molar-refractivity contribution < 1.29 is 18.1 Å². The number of benzene rings is 2. The number of nitrogens with zero attached hydrogens (tertiary/aromatic N) is 4. The van der Waals surface area contributed by atoms with Gasteiger partial charge in [-0.25, -0.2) is 0 Å². The SMILES string of the molecule is Cc1ccc(S(=O)(=O)O)c(N=Nc2c(C)nn(-c3ccccc3)c2O)c1. The van der Waals surface area contributed by atoms with E-state index >= 15 is 0 Å². The zero-order chi connectivity index (χ0) is 18.9. The maximum absolute atomic E-state index is 11.5. The van der Waals surface area contributed by atoms with Crippen molar-refractivity contribution in [2.45, 2.75) is 18.7 Å². The Morgan fingerprint density at radius 1 is 1.04 bits per heavy atom. The second-order valence-electron chi connectivity index (χ2n) is 5.65. The van der Waals surface area contributed by atoms with Gasteiger partial charge in [0, 0.05) is 0 Å². The molecular formula is C17H16N4O4S. The van der Waals surface area contributed by atoms with Gasteiger partial charge in [-0.3, -0.25) is 4.55 Å². The maximum Gasteiger partial charge on any atom is 0.296 e. The molecule has 0 radical (unpaired) electrons. The molecule has 0 aliphatic carbocycles. The number of aromatic nitrogens is 2. The molecule has 0 aliphatic rings. The van der Waals surface area contributed by atoms with E-state index in [1.807, 2.05) is 6.07 Å². The van der Waals surface area contributed by atoms with Crippen molar-refractivity contribution >= 4 is 21.5 Å². The highest BCUT2D eigenvalue weighted by molar-refractivity contribution is 7.86. The Kier molecular flexibility index (Phi) is 4.58. The molecule has 0 saturated heterocycles. The molecule has 3 aromatic rings. The summed E-state index contributed by atoms with van der Waals surface area (Å²) in [4.78, 5) is -0.362. The van der Waals surface area contributed by atoms with Crippen molar-refractivity contribution in [1.29, 1.82) is 0 Å². The number of rotatable bonds is 4. The van der Waals surface area contributed by atoms with Crippen molar-refractivity contribution in [2.24, 2.45) is 10.2 Å². The molecule has 1 heterocycles. The minimum atomic E-state index is -4.45. The smallest absolute Gasteiger partial charge is 0.296 e. The predicted octanol–water partition coefficient (Wildman–Crippen LogP) is 3.86. The third-order valence-electron chi connectivity index (χ3n) is 3.66. The fourth-order valence-electron chi connectivity index (χ4n) is 2.40. The largest absolute Gasteiger partial charge is 0.492 e. The summed E-state index contributed by atoms with van der Waals surface area (Å²) < 4.78 is 33.6. The van der Waals surface area contributed by atoms with Crippen molar-refractivity contribution in [3.05, 3.63) is 59.8 Å². The van der Waals surface area contributed by atoms with E-state index in [2.05, 4.69) is 15.3 Å². The van der Waals surface area contributed by atoms with Gasteiger partial charge in [0.05, 0.1) is 11.4 Å². The molecule has 8 nitrogen and oxygen atoms in total. The number of hydrogen-bond acceptors (Lipinski definition) is 6. The normalized spacial score (nSPS) is 12.0. The zero-order valence-corrected chi connectivity index (χ0v) is 14.8. The fourth-order valence-corrected chi connectivity index (χ4v) is 3.00. The molecule has 0 amide bonds. The number of aryl methyl sites for hydroxylation is 2. The number of para-hydroxylation sites is 1. The van der Waals surface area contributed by atoms with Crippen LogP contribution in [0.15, 0.2) is 63.7 Å². The zero-order valence-electron chi connectivity index (χ0n) is 14.0. The Balaban J connectivity index is 2.06. The number of aromatic hydroxyl groups is 1. The van der Waals surface area contributed by atoms with Crippen LogP contribution in [-0.4, -0.2) is 27.9 Å². The van der Waals surface area contributed by atoms with Crippen molar-refractivity contribution in [1.82, 2.24) is 9.78 Å². The van der Waals surface area contributed by atoms with E-state index < -0.39 is 10.1 Å². The molecule has 0 atom stereocenters. The predicted molar refractivity (Wildman–Crippen MR) is 95.1 cm³/mol. The molecule has 2 aromatic carbocycles. The quantitative estimate of drug-likeness (QED) is 0.533. The van der Waals surface area contributed by atoms with E-state index in [-0.39, 0.29) is 22.2 Å². The Hall–Kier alpha value is -3.04. The van der Waals surface area contributed by atoms with E-state index in [4.69, 9.17) is 0 Å². The first-order valence-electron chi connectivity index (χ1n) is 7.61.